The Morgan fingerprint density at radius 3 is 2.61 bits per heavy atom. The van der Waals surface area contributed by atoms with Gasteiger partial charge in [0.15, 0.2) is 0 Å². The molecule has 1 aromatic rings. The van der Waals surface area contributed by atoms with Gasteiger partial charge < -0.3 is 15.4 Å². The number of amides is 1. The Bertz CT molecular complexity index is 399. The van der Waals surface area contributed by atoms with Crippen molar-refractivity contribution in [2.75, 3.05) is 18.9 Å². The molecule has 0 radical (unpaired) electrons. The number of likely N-dealkylation sites (N-methyl/N-ethyl adjacent to an activating group) is 1. The fourth-order valence-electron chi connectivity index (χ4n) is 1.14. The summed E-state index contributed by atoms with van der Waals surface area (Å²) in [6, 6.07) is 5.08. The first-order valence-corrected chi connectivity index (χ1v) is 4.71. The molecule has 0 spiro atoms. The summed E-state index contributed by atoms with van der Waals surface area (Å²) in [5.41, 5.74) is 0.243. The highest BCUT2D eigenvalue weighted by molar-refractivity contribution is 5.92. The van der Waals surface area contributed by atoms with Crippen molar-refractivity contribution in [2.24, 2.45) is 0 Å². The van der Waals surface area contributed by atoms with E-state index in [9.17, 15) is 18.0 Å². The van der Waals surface area contributed by atoms with E-state index < -0.39 is 6.36 Å². The highest BCUT2D eigenvalue weighted by atomic mass is 35.5. The van der Waals surface area contributed by atoms with Crippen LogP contribution < -0.4 is 15.4 Å². The van der Waals surface area contributed by atoms with Crippen LogP contribution in [0.15, 0.2) is 24.3 Å². The van der Waals surface area contributed by atoms with Crippen molar-refractivity contribution >= 4 is 24.0 Å². The second-order valence-corrected chi connectivity index (χ2v) is 3.15. The number of anilines is 1. The Kier molecular flexibility index (Phi) is 6.50. The van der Waals surface area contributed by atoms with E-state index in [1.165, 1.54) is 12.1 Å². The highest BCUT2D eigenvalue weighted by Gasteiger charge is 2.31. The third kappa shape index (κ3) is 6.31. The Morgan fingerprint density at radius 1 is 1.39 bits per heavy atom. The van der Waals surface area contributed by atoms with Crippen LogP contribution in [-0.4, -0.2) is 25.9 Å². The summed E-state index contributed by atoms with van der Waals surface area (Å²) in [6.07, 6.45) is -4.74. The molecule has 0 fully saturated rings. The van der Waals surface area contributed by atoms with Gasteiger partial charge in [0.25, 0.3) is 0 Å². The number of halogens is 4. The number of hydrogen-bond acceptors (Lipinski definition) is 3. The van der Waals surface area contributed by atoms with Gasteiger partial charge in [-0.05, 0) is 19.2 Å². The predicted octanol–water partition coefficient (Wildman–Crippen LogP) is 2.16. The Balaban J connectivity index is 0.00000289. The molecule has 4 nitrogen and oxygen atoms in total. The van der Waals surface area contributed by atoms with Crippen molar-refractivity contribution in [1.29, 1.82) is 0 Å². The van der Waals surface area contributed by atoms with E-state index in [1.54, 1.807) is 7.05 Å². The molecule has 2 N–H and O–H groups in total. The normalized spacial score (nSPS) is 10.4. The van der Waals surface area contributed by atoms with Crippen molar-refractivity contribution in [3.8, 4) is 5.75 Å². The van der Waals surface area contributed by atoms with Crippen molar-refractivity contribution < 1.29 is 22.7 Å². The van der Waals surface area contributed by atoms with Gasteiger partial charge >= 0.3 is 6.36 Å². The summed E-state index contributed by atoms with van der Waals surface area (Å²) in [5, 5.41) is 5.04. The lowest BCUT2D eigenvalue weighted by Gasteiger charge is -2.10. The summed E-state index contributed by atoms with van der Waals surface area (Å²) < 4.78 is 39.5. The second-order valence-electron chi connectivity index (χ2n) is 3.15. The van der Waals surface area contributed by atoms with Crippen LogP contribution in [0, 0.1) is 0 Å². The minimum atomic E-state index is -4.74. The number of rotatable bonds is 4. The van der Waals surface area contributed by atoms with Crippen molar-refractivity contribution in [1.82, 2.24) is 5.32 Å². The van der Waals surface area contributed by atoms with Gasteiger partial charge in [0.2, 0.25) is 5.91 Å². The molecule has 0 saturated heterocycles. The van der Waals surface area contributed by atoms with E-state index in [-0.39, 0.29) is 36.3 Å². The van der Waals surface area contributed by atoms with E-state index in [4.69, 9.17) is 0 Å². The van der Waals surface area contributed by atoms with Gasteiger partial charge in [0.1, 0.15) is 5.75 Å². The lowest BCUT2D eigenvalue weighted by Crippen LogP contribution is -2.25. The second kappa shape index (κ2) is 7.07. The number of hydrogen-bond donors (Lipinski definition) is 2. The molecule has 0 unspecified atom stereocenters. The summed E-state index contributed by atoms with van der Waals surface area (Å²) in [4.78, 5) is 11.2. The minimum Gasteiger partial charge on any atom is -0.406 e. The lowest BCUT2D eigenvalue weighted by molar-refractivity contribution is -0.274. The molecular formula is C10H12ClF3N2O2. The molecule has 0 aliphatic carbocycles. The van der Waals surface area contributed by atoms with Crippen molar-refractivity contribution in [3.05, 3.63) is 24.3 Å². The predicted molar refractivity (Wildman–Crippen MR) is 62.9 cm³/mol. The molecular weight excluding hydrogens is 273 g/mol. The van der Waals surface area contributed by atoms with E-state index in [1.807, 2.05) is 0 Å². The van der Waals surface area contributed by atoms with Gasteiger partial charge in [-0.3, -0.25) is 4.79 Å². The summed E-state index contributed by atoms with van der Waals surface area (Å²) >= 11 is 0. The third-order valence-electron chi connectivity index (χ3n) is 1.69. The zero-order valence-corrected chi connectivity index (χ0v) is 10.2. The van der Waals surface area contributed by atoms with E-state index in [2.05, 4.69) is 15.4 Å². The SMILES string of the molecule is CNCC(=O)Nc1cccc(OC(F)(F)F)c1.Cl. The molecule has 18 heavy (non-hydrogen) atoms. The maximum absolute atomic E-state index is 11.9. The number of nitrogens with one attached hydrogen (secondary N) is 2. The van der Waals surface area contributed by atoms with Crippen LogP contribution in [0.2, 0.25) is 0 Å². The average Bonchev–Trinajstić information content (AvgIpc) is 2.15. The smallest absolute Gasteiger partial charge is 0.406 e. The van der Waals surface area contributed by atoms with Crippen LogP contribution in [0.4, 0.5) is 18.9 Å². The average molecular weight is 285 g/mol. The molecule has 0 aromatic heterocycles. The molecule has 0 saturated carbocycles. The number of ether oxygens (including phenoxy) is 1. The first-order valence-electron chi connectivity index (χ1n) is 4.71. The number of carbonyl (C=O) groups is 1. The standard InChI is InChI=1S/C10H11F3N2O2.ClH/c1-14-6-9(16)15-7-3-2-4-8(5-7)17-10(11,12)13;/h2-5,14H,6H2,1H3,(H,15,16);1H. The maximum Gasteiger partial charge on any atom is 0.573 e. The highest BCUT2D eigenvalue weighted by Crippen LogP contribution is 2.24. The molecule has 0 heterocycles. The Morgan fingerprint density at radius 2 is 2.06 bits per heavy atom. The first-order chi connectivity index (χ1) is 7.90. The minimum absolute atomic E-state index is 0. The van der Waals surface area contributed by atoms with E-state index in [0.717, 1.165) is 12.1 Å². The van der Waals surface area contributed by atoms with E-state index >= 15 is 0 Å². The van der Waals surface area contributed by atoms with Gasteiger partial charge in [-0.2, -0.15) is 0 Å². The van der Waals surface area contributed by atoms with Gasteiger partial charge in [-0.15, -0.1) is 25.6 Å². The molecule has 0 atom stereocenters. The van der Waals surface area contributed by atoms with Crippen molar-refractivity contribution in [3.63, 3.8) is 0 Å². The molecule has 1 amide bonds. The molecule has 1 rings (SSSR count). The lowest BCUT2D eigenvalue weighted by atomic mass is 10.3. The Labute approximate surface area is 108 Å². The quantitative estimate of drug-likeness (QED) is 0.891. The van der Waals surface area contributed by atoms with Gasteiger partial charge in [-0.25, -0.2) is 0 Å². The molecule has 102 valence electrons. The fraction of sp³-hybridized carbons (Fsp3) is 0.300. The van der Waals surface area contributed by atoms with Gasteiger partial charge in [-0.1, -0.05) is 6.07 Å². The molecule has 0 bridgehead atoms. The van der Waals surface area contributed by atoms with E-state index in [0.29, 0.717) is 0 Å². The zero-order valence-electron chi connectivity index (χ0n) is 9.38. The first kappa shape index (κ1) is 16.5. The maximum atomic E-state index is 11.9. The van der Waals surface area contributed by atoms with Gasteiger partial charge in [0.05, 0.1) is 6.54 Å². The largest absolute Gasteiger partial charge is 0.573 e. The van der Waals surface area contributed by atoms with Crippen LogP contribution in [0.25, 0.3) is 0 Å². The van der Waals surface area contributed by atoms with Crippen LogP contribution >= 0.6 is 12.4 Å². The summed E-state index contributed by atoms with van der Waals surface area (Å²) in [6.45, 7) is 0.0738. The number of carbonyl (C=O) groups excluding carboxylic acids is 1. The topological polar surface area (TPSA) is 50.4 Å². The number of alkyl halides is 3. The fourth-order valence-corrected chi connectivity index (χ4v) is 1.14. The monoisotopic (exact) mass is 284 g/mol. The summed E-state index contributed by atoms with van der Waals surface area (Å²) in [5.74, 6) is -0.726. The van der Waals surface area contributed by atoms with Crippen LogP contribution in [0.1, 0.15) is 0 Å². The van der Waals surface area contributed by atoms with Crippen LogP contribution in [0.3, 0.4) is 0 Å². The molecule has 0 aliphatic rings. The molecule has 1 aromatic carbocycles. The Hall–Kier alpha value is -1.47. The van der Waals surface area contributed by atoms with Crippen LogP contribution in [-0.2, 0) is 4.79 Å². The third-order valence-corrected chi connectivity index (χ3v) is 1.69. The summed E-state index contributed by atoms with van der Waals surface area (Å²) in [7, 11) is 1.59. The number of benzene rings is 1. The van der Waals surface area contributed by atoms with Crippen LogP contribution in [0.5, 0.6) is 5.75 Å². The van der Waals surface area contributed by atoms with Gasteiger partial charge in [0, 0.05) is 11.8 Å². The van der Waals surface area contributed by atoms with Crippen molar-refractivity contribution in [2.45, 2.75) is 6.36 Å². The molecule has 0 aliphatic heterocycles. The zero-order chi connectivity index (χ0) is 12.9. The molecule has 8 heteroatoms.